The van der Waals surface area contributed by atoms with Crippen molar-refractivity contribution in [2.75, 3.05) is 18.1 Å². The number of ether oxygens (including phenoxy) is 2. The summed E-state index contributed by atoms with van der Waals surface area (Å²) >= 11 is 0. The van der Waals surface area contributed by atoms with Gasteiger partial charge < -0.3 is 25.2 Å². The van der Waals surface area contributed by atoms with Gasteiger partial charge in [-0.15, -0.1) is 0 Å². The highest BCUT2D eigenvalue weighted by molar-refractivity contribution is 5.94. The summed E-state index contributed by atoms with van der Waals surface area (Å²) in [6, 6.07) is 24.3. The largest absolute Gasteiger partial charge is 0.493 e. The van der Waals surface area contributed by atoms with Crippen molar-refractivity contribution >= 4 is 23.9 Å². The van der Waals surface area contributed by atoms with E-state index in [-0.39, 0.29) is 11.6 Å². The van der Waals surface area contributed by atoms with E-state index < -0.39 is 17.8 Å². The Bertz CT molecular complexity index is 1500. The number of hydrogen-bond acceptors (Lipinski definition) is 5. The van der Waals surface area contributed by atoms with E-state index >= 15 is 0 Å². The highest BCUT2D eigenvalue weighted by Gasteiger charge is 2.32. The number of rotatable bonds is 12. The third-order valence-electron chi connectivity index (χ3n) is 8.14. The van der Waals surface area contributed by atoms with Crippen molar-refractivity contribution in [1.82, 2.24) is 10.6 Å². The lowest BCUT2D eigenvalue weighted by Crippen LogP contribution is -2.49. The fourth-order valence-corrected chi connectivity index (χ4v) is 6.10. The van der Waals surface area contributed by atoms with Gasteiger partial charge in [0.05, 0.1) is 12.3 Å². The molecule has 3 aromatic carbocycles. The molecule has 2 amide bonds. The molecule has 1 aliphatic carbocycles. The first-order valence-electron chi connectivity index (χ1n) is 17.1. The molecular weight excluding hydrogens is 602 g/mol. The van der Waals surface area contributed by atoms with Gasteiger partial charge in [-0.3, -0.25) is 4.90 Å². The summed E-state index contributed by atoms with van der Waals surface area (Å²) < 4.78 is 11.2. The third-order valence-corrected chi connectivity index (χ3v) is 8.14. The number of nitrogens with one attached hydrogen (secondary N) is 2. The molecule has 0 saturated heterocycles. The van der Waals surface area contributed by atoms with Gasteiger partial charge in [0, 0.05) is 29.7 Å². The second-order valence-electron chi connectivity index (χ2n) is 14.6. The van der Waals surface area contributed by atoms with Crippen LogP contribution in [0.25, 0.3) is 17.2 Å². The number of alkyl carbamates (subject to hydrolysis) is 1. The first-order valence-corrected chi connectivity index (χ1v) is 17.1. The van der Waals surface area contributed by atoms with Gasteiger partial charge in [-0.2, -0.15) is 0 Å². The van der Waals surface area contributed by atoms with Crippen LogP contribution in [-0.2, 0) is 11.2 Å². The number of benzene rings is 3. The normalized spacial score (nSPS) is 16.8. The molecule has 8 heteroatoms. The fraction of sp³-hybridized carbons (Fsp3) is 0.450. The molecule has 0 atom stereocenters. The van der Waals surface area contributed by atoms with Crippen molar-refractivity contribution in [2.24, 2.45) is 0 Å². The van der Waals surface area contributed by atoms with Crippen molar-refractivity contribution in [1.29, 1.82) is 0 Å². The molecule has 1 saturated carbocycles. The minimum absolute atomic E-state index is 0.0320. The van der Waals surface area contributed by atoms with Crippen LogP contribution in [0, 0.1) is 0 Å². The first-order chi connectivity index (χ1) is 22.8. The van der Waals surface area contributed by atoms with Crippen molar-refractivity contribution < 1.29 is 24.2 Å². The standard InChI is InChI=1S/C40H53N3O5/c1-39(2,3)42-32-18-20-33(21-19-32)43(38(45)46)36-28-30(17-24-35(36)31-13-8-7-9-14-31)12-10-11-27-47-34-22-15-29(16-23-34)25-26-41-37(44)48-40(4,5)6/h7-10,12-17,22-24,28,32-33,42H,11,18-21,25-27H2,1-6H3,(H,41,44)(H,45,46)/b12-10+. The maximum absolute atomic E-state index is 12.8. The number of carbonyl (C=O) groups excluding carboxylic acids is 1. The molecule has 48 heavy (non-hydrogen) atoms. The Labute approximate surface area is 286 Å². The molecule has 258 valence electrons. The molecule has 0 radical (unpaired) electrons. The zero-order valence-corrected chi connectivity index (χ0v) is 29.4. The lowest BCUT2D eigenvalue weighted by atomic mass is 9.88. The molecule has 0 spiro atoms. The first kappa shape index (κ1) is 36.5. The van der Waals surface area contributed by atoms with Gasteiger partial charge in [-0.1, -0.05) is 66.7 Å². The van der Waals surface area contributed by atoms with Crippen molar-refractivity contribution in [2.45, 2.75) is 103 Å². The molecule has 0 aromatic heterocycles. The Kier molecular flexibility index (Phi) is 12.7. The summed E-state index contributed by atoms with van der Waals surface area (Å²) in [7, 11) is 0. The molecule has 3 N–H and O–H groups in total. The van der Waals surface area contributed by atoms with Crippen LogP contribution in [-0.4, -0.2) is 53.7 Å². The number of anilines is 1. The lowest BCUT2D eigenvalue weighted by Gasteiger charge is -2.38. The van der Waals surface area contributed by atoms with E-state index in [4.69, 9.17) is 9.47 Å². The molecule has 0 bridgehead atoms. The van der Waals surface area contributed by atoms with Crippen LogP contribution in [0.4, 0.5) is 15.3 Å². The van der Waals surface area contributed by atoms with Crippen LogP contribution in [0.2, 0.25) is 0 Å². The van der Waals surface area contributed by atoms with Crippen molar-refractivity contribution in [3.05, 3.63) is 90.0 Å². The Morgan fingerprint density at radius 1 is 0.917 bits per heavy atom. The summed E-state index contributed by atoms with van der Waals surface area (Å²) in [4.78, 5) is 26.3. The van der Waals surface area contributed by atoms with Gasteiger partial charge >= 0.3 is 12.2 Å². The van der Waals surface area contributed by atoms with Crippen molar-refractivity contribution in [3.63, 3.8) is 0 Å². The van der Waals surface area contributed by atoms with E-state index in [1.54, 1.807) is 4.90 Å². The van der Waals surface area contributed by atoms with E-state index in [0.717, 1.165) is 59.4 Å². The quantitative estimate of drug-likeness (QED) is 0.168. The van der Waals surface area contributed by atoms with Gasteiger partial charge in [0.15, 0.2) is 0 Å². The van der Waals surface area contributed by atoms with Gasteiger partial charge in [-0.25, -0.2) is 9.59 Å². The van der Waals surface area contributed by atoms with Crippen LogP contribution < -0.4 is 20.3 Å². The molecule has 0 heterocycles. The van der Waals surface area contributed by atoms with Crippen LogP contribution in [0.5, 0.6) is 5.75 Å². The summed E-state index contributed by atoms with van der Waals surface area (Å²) in [5, 5.41) is 17.0. The summed E-state index contributed by atoms with van der Waals surface area (Å²) in [6.07, 6.45) is 7.68. The SMILES string of the molecule is CC(C)(C)NC1CCC(N(C(=O)O)c2cc(/C=C/CCOc3ccc(CCNC(=O)OC(C)(C)C)cc3)ccc2-c2ccccc2)CC1. The lowest BCUT2D eigenvalue weighted by molar-refractivity contribution is 0.0528. The zero-order valence-electron chi connectivity index (χ0n) is 29.4. The predicted octanol–water partition coefficient (Wildman–Crippen LogP) is 9.09. The van der Waals surface area contributed by atoms with E-state index in [2.05, 4.69) is 37.5 Å². The molecule has 1 aliphatic rings. The average molecular weight is 656 g/mol. The summed E-state index contributed by atoms with van der Waals surface area (Å²) in [5.41, 5.74) is 4.19. The Hall–Kier alpha value is -4.30. The maximum atomic E-state index is 12.8. The monoisotopic (exact) mass is 655 g/mol. The van der Waals surface area contributed by atoms with Gasteiger partial charge in [0.2, 0.25) is 0 Å². The van der Waals surface area contributed by atoms with Gasteiger partial charge in [0.25, 0.3) is 0 Å². The molecule has 4 rings (SSSR count). The predicted molar refractivity (Wildman–Crippen MR) is 195 cm³/mol. The molecule has 0 unspecified atom stereocenters. The van der Waals surface area contributed by atoms with Crippen LogP contribution in [0.15, 0.2) is 78.9 Å². The van der Waals surface area contributed by atoms with E-state index in [9.17, 15) is 14.7 Å². The highest BCUT2D eigenvalue weighted by atomic mass is 16.6. The van der Waals surface area contributed by atoms with Gasteiger partial charge in [-0.05, 0) is 115 Å². The van der Waals surface area contributed by atoms with Gasteiger partial charge in [0.1, 0.15) is 11.4 Å². The number of carboxylic acid groups (broad SMARTS) is 1. The second-order valence-corrected chi connectivity index (χ2v) is 14.6. The smallest absolute Gasteiger partial charge is 0.412 e. The summed E-state index contributed by atoms with van der Waals surface area (Å²) in [6.45, 7) is 13.1. The maximum Gasteiger partial charge on any atom is 0.412 e. The van der Waals surface area contributed by atoms with E-state index in [0.29, 0.717) is 32.0 Å². The third kappa shape index (κ3) is 11.7. The molecular formula is C40H53N3O5. The van der Waals surface area contributed by atoms with Crippen LogP contribution in [0.1, 0.15) is 84.8 Å². The van der Waals surface area contributed by atoms with Crippen LogP contribution in [0.3, 0.4) is 0 Å². The minimum Gasteiger partial charge on any atom is -0.493 e. The molecule has 0 aliphatic heterocycles. The summed E-state index contributed by atoms with van der Waals surface area (Å²) in [5.74, 6) is 0.784. The number of amides is 2. The van der Waals surface area contributed by atoms with Crippen molar-refractivity contribution in [3.8, 4) is 16.9 Å². The Morgan fingerprint density at radius 2 is 1.60 bits per heavy atom. The van der Waals surface area contributed by atoms with Crippen LogP contribution >= 0.6 is 0 Å². The number of carbonyl (C=O) groups is 2. The van der Waals surface area contributed by atoms with E-state index in [1.165, 1.54) is 0 Å². The topological polar surface area (TPSA) is 100 Å². The van der Waals surface area contributed by atoms with E-state index in [1.807, 2.05) is 99.6 Å². The molecule has 8 nitrogen and oxygen atoms in total. The Balaban J connectivity index is 1.36. The number of nitrogens with zero attached hydrogens (tertiary/aromatic N) is 1. The second kappa shape index (κ2) is 16.7. The zero-order chi connectivity index (χ0) is 34.7. The fourth-order valence-electron chi connectivity index (χ4n) is 6.10. The number of hydrogen-bond donors (Lipinski definition) is 3. The molecule has 3 aromatic rings. The highest BCUT2D eigenvalue weighted by Crippen LogP contribution is 2.37. The minimum atomic E-state index is -0.917. The average Bonchev–Trinajstić information content (AvgIpc) is 3.01. The Morgan fingerprint density at radius 3 is 2.23 bits per heavy atom. The molecule has 1 fully saturated rings.